The highest BCUT2D eigenvalue weighted by Crippen LogP contribution is 2.28. The number of aryl methyl sites for hydroxylation is 1. The van der Waals surface area contributed by atoms with Crippen molar-refractivity contribution < 1.29 is 26.7 Å². The standard InChI is InChI=1S/C25H24N2O5S/c1-31-23-10-8-20(9-11-23)19-4-6-21(7-5-19)24-18-26-25(32-24)22-12-15-27(16-13-22)14-2-3-17-33(28,29)30/h4-13,15-16,18H,2-3,14,17H2,1H3. The van der Waals surface area contributed by atoms with E-state index in [4.69, 9.17) is 9.15 Å². The number of hydrogen-bond donors (Lipinski definition) is 0. The summed E-state index contributed by atoms with van der Waals surface area (Å²) in [5.41, 5.74) is 3.98. The maximum atomic E-state index is 10.7. The lowest BCUT2D eigenvalue weighted by Gasteiger charge is -2.05. The number of oxazole rings is 1. The Bertz CT molecular complexity index is 1300. The highest BCUT2D eigenvalue weighted by molar-refractivity contribution is 7.85. The SMILES string of the molecule is COc1ccc(-c2ccc(-c3cnc(-c4cc[n+](CCCCS(=O)(=O)[O-])cc4)o3)cc2)cc1. The van der Waals surface area contributed by atoms with Crippen molar-refractivity contribution in [3.05, 3.63) is 79.3 Å². The second-order valence-corrected chi connectivity index (χ2v) is 9.15. The van der Waals surface area contributed by atoms with Crippen molar-refractivity contribution in [2.75, 3.05) is 12.9 Å². The number of nitrogens with zero attached hydrogens (tertiary/aromatic N) is 2. The number of ether oxygens (including phenoxy) is 1. The van der Waals surface area contributed by atoms with Gasteiger partial charge in [0.2, 0.25) is 5.89 Å². The maximum absolute atomic E-state index is 10.7. The molecule has 0 saturated heterocycles. The first-order chi connectivity index (χ1) is 15.9. The number of methoxy groups -OCH3 is 1. The Hall–Kier alpha value is -3.49. The van der Waals surface area contributed by atoms with Crippen LogP contribution in [0.3, 0.4) is 0 Å². The molecule has 0 fully saturated rings. The van der Waals surface area contributed by atoms with Gasteiger partial charge < -0.3 is 13.7 Å². The van der Waals surface area contributed by atoms with Crippen molar-refractivity contribution in [2.24, 2.45) is 0 Å². The molecule has 0 aliphatic heterocycles. The monoisotopic (exact) mass is 464 g/mol. The molecule has 0 aliphatic rings. The molecular weight excluding hydrogens is 440 g/mol. The molecule has 0 radical (unpaired) electrons. The number of pyridine rings is 1. The molecule has 0 aliphatic carbocycles. The summed E-state index contributed by atoms with van der Waals surface area (Å²) in [6.07, 6.45) is 6.44. The lowest BCUT2D eigenvalue weighted by atomic mass is 10.0. The van der Waals surface area contributed by atoms with E-state index in [1.807, 2.05) is 77.6 Å². The van der Waals surface area contributed by atoms with Crippen molar-refractivity contribution in [1.29, 1.82) is 0 Å². The molecule has 33 heavy (non-hydrogen) atoms. The van der Waals surface area contributed by atoms with Crippen LogP contribution in [0.25, 0.3) is 33.9 Å². The van der Waals surface area contributed by atoms with E-state index in [-0.39, 0.29) is 5.75 Å². The van der Waals surface area contributed by atoms with Gasteiger partial charge in [0.05, 0.1) is 23.4 Å². The first-order valence-corrected chi connectivity index (χ1v) is 12.1. The van der Waals surface area contributed by atoms with Crippen molar-refractivity contribution in [3.63, 3.8) is 0 Å². The van der Waals surface area contributed by atoms with Crippen molar-refractivity contribution >= 4 is 10.1 Å². The van der Waals surface area contributed by atoms with Crippen LogP contribution in [0.2, 0.25) is 0 Å². The van der Waals surface area contributed by atoms with Gasteiger partial charge in [0.1, 0.15) is 12.3 Å². The van der Waals surface area contributed by atoms with E-state index < -0.39 is 10.1 Å². The summed E-state index contributed by atoms with van der Waals surface area (Å²) in [6.45, 7) is 0.632. The van der Waals surface area contributed by atoms with Crippen LogP contribution in [0.4, 0.5) is 0 Å². The summed E-state index contributed by atoms with van der Waals surface area (Å²) < 4.78 is 45.1. The number of hydrogen-bond acceptors (Lipinski definition) is 6. The molecule has 0 atom stereocenters. The van der Waals surface area contributed by atoms with E-state index in [0.29, 0.717) is 31.0 Å². The van der Waals surface area contributed by atoms with E-state index in [0.717, 1.165) is 28.0 Å². The molecule has 0 saturated carbocycles. The molecule has 4 aromatic rings. The fourth-order valence-corrected chi connectivity index (χ4v) is 4.03. The van der Waals surface area contributed by atoms with Crippen LogP contribution in [0.5, 0.6) is 5.75 Å². The summed E-state index contributed by atoms with van der Waals surface area (Å²) in [7, 11) is -2.50. The number of unbranched alkanes of at least 4 members (excludes halogenated alkanes) is 1. The van der Waals surface area contributed by atoms with E-state index in [1.165, 1.54) is 0 Å². The molecule has 0 amide bonds. The van der Waals surface area contributed by atoms with E-state index in [2.05, 4.69) is 4.98 Å². The minimum atomic E-state index is -4.15. The molecule has 2 heterocycles. The van der Waals surface area contributed by atoms with Gasteiger partial charge in [-0.2, -0.15) is 0 Å². The Morgan fingerprint density at radius 2 is 1.48 bits per heavy atom. The van der Waals surface area contributed by atoms with E-state index in [9.17, 15) is 13.0 Å². The topological polar surface area (TPSA) is 96.3 Å². The van der Waals surface area contributed by atoms with Gasteiger partial charge in [0, 0.05) is 35.4 Å². The van der Waals surface area contributed by atoms with Crippen LogP contribution in [0.15, 0.2) is 83.7 Å². The molecule has 2 aromatic heterocycles. The summed E-state index contributed by atoms with van der Waals surface area (Å²) >= 11 is 0. The third kappa shape index (κ3) is 6.06. The van der Waals surface area contributed by atoms with Crippen molar-refractivity contribution in [2.45, 2.75) is 19.4 Å². The molecule has 7 nitrogen and oxygen atoms in total. The van der Waals surface area contributed by atoms with Gasteiger partial charge in [0.15, 0.2) is 18.2 Å². The van der Waals surface area contributed by atoms with Gasteiger partial charge in [-0.3, -0.25) is 0 Å². The third-order valence-electron chi connectivity index (χ3n) is 5.30. The maximum Gasteiger partial charge on any atom is 0.227 e. The molecule has 170 valence electrons. The van der Waals surface area contributed by atoms with Gasteiger partial charge in [-0.05, 0) is 29.7 Å². The Kier molecular flexibility index (Phi) is 6.86. The summed E-state index contributed by atoms with van der Waals surface area (Å²) in [4.78, 5) is 4.40. The van der Waals surface area contributed by atoms with Gasteiger partial charge >= 0.3 is 0 Å². The highest BCUT2D eigenvalue weighted by Gasteiger charge is 2.11. The number of rotatable bonds is 9. The Balaban J connectivity index is 1.40. The zero-order valence-corrected chi connectivity index (χ0v) is 19.0. The predicted molar refractivity (Wildman–Crippen MR) is 123 cm³/mol. The van der Waals surface area contributed by atoms with Gasteiger partial charge in [0.25, 0.3) is 0 Å². The first kappa shape index (κ1) is 22.7. The summed E-state index contributed by atoms with van der Waals surface area (Å²) in [5, 5.41) is 0. The van der Waals surface area contributed by atoms with Crippen LogP contribution >= 0.6 is 0 Å². The average Bonchev–Trinajstić information content (AvgIpc) is 3.32. The number of benzene rings is 2. The molecule has 2 aromatic carbocycles. The Morgan fingerprint density at radius 1 is 0.879 bits per heavy atom. The van der Waals surface area contributed by atoms with E-state index in [1.54, 1.807) is 13.3 Å². The lowest BCUT2D eigenvalue weighted by Crippen LogP contribution is -2.32. The van der Waals surface area contributed by atoms with Crippen LogP contribution in [0.1, 0.15) is 12.8 Å². The zero-order chi connectivity index (χ0) is 23.3. The van der Waals surface area contributed by atoms with Crippen molar-refractivity contribution in [1.82, 2.24) is 4.98 Å². The van der Waals surface area contributed by atoms with Crippen LogP contribution in [-0.2, 0) is 16.7 Å². The van der Waals surface area contributed by atoms with Gasteiger partial charge in [-0.1, -0.05) is 36.4 Å². The smallest absolute Gasteiger partial charge is 0.227 e. The summed E-state index contributed by atoms with van der Waals surface area (Å²) in [6, 6.07) is 19.8. The minimum absolute atomic E-state index is 0.328. The zero-order valence-electron chi connectivity index (χ0n) is 18.2. The van der Waals surface area contributed by atoms with Crippen LogP contribution in [0, 0.1) is 0 Å². The predicted octanol–water partition coefficient (Wildman–Crippen LogP) is 4.30. The molecule has 0 spiro atoms. The quantitative estimate of drug-likeness (QED) is 0.208. The second-order valence-electron chi connectivity index (χ2n) is 7.63. The fourth-order valence-electron chi connectivity index (χ4n) is 3.47. The van der Waals surface area contributed by atoms with Crippen LogP contribution in [-0.4, -0.2) is 30.8 Å². The molecule has 0 N–H and O–H groups in total. The summed E-state index contributed by atoms with van der Waals surface area (Å²) in [5.74, 6) is 1.70. The Labute approximate surface area is 193 Å². The highest BCUT2D eigenvalue weighted by atomic mass is 32.2. The molecule has 8 heteroatoms. The molecular formula is C25H24N2O5S. The molecule has 0 bridgehead atoms. The van der Waals surface area contributed by atoms with E-state index >= 15 is 0 Å². The lowest BCUT2D eigenvalue weighted by molar-refractivity contribution is -0.697. The van der Waals surface area contributed by atoms with Crippen LogP contribution < -0.4 is 9.30 Å². The fraction of sp³-hybridized carbons (Fsp3) is 0.200. The van der Waals surface area contributed by atoms with Gasteiger partial charge in [-0.25, -0.2) is 18.0 Å². The average molecular weight is 465 g/mol. The second kappa shape index (κ2) is 9.97. The number of aromatic nitrogens is 2. The first-order valence-electron chi connectivity index (χ1n) is 10.5. The molecule has 0 unspecified atom stereocenters. The Morgan fingerprint density at radius 3 is 2.09 bits per heavy atom. The minimum Gasteiger partial charge on any atom is -0.748 e. The third-order valence-corrected chi connectivity index (χ3v) is 6.09. The van der Waals surface area contributed by atoms with Gasteiger partial charge in [-0.15, -0.1) is 0 Å². The largest absolute Gasteiger partial charge is 0.748 e. The van der Waals surface area contributed by atoms with Crippen molar-refractivity contribution in [3.8, 4) is 39.7 Å². The normalized spacial score (nSPS) is 11.5. The molecule has 4 rings (SSSR count).